The number of quaternary nitrogens is 1. The Kier molecular flexibility index (Phi) is 4.45. The number of aryl methyl sites for hydroxylation is 1. The Labute approximate surface area is 96.5 Å². The third-order valence-corrected chi connectivity index (χ3v) is 3.37. The molecule has 88 valence electrons. The van der Waals surface area contributed by atoms with Gasteiger partial charge in [0.1, 0.15) is 5.97 Å². The number of hydrogen-bond acceptors (Lipinski definition) is 5. The lowest BCUT2D eigenvalue weighted by Gasteiger charge is -2.05. The molecule has 1 aromatic rings. The molecule has 0 aliphatic carbocycles. The van der Waals surface area contributed by atoms with Crippen molar-refractivity contribution in [3.63, 3.8) is 0 Å². The Morgan fingerprint density at radius 1 is 1.38 bits per heavy atom. The minimum Gasteiger partial charge on any atom is -0.550 e. The van der Waals surface area contributed by atoms with Crippen LogP contribution in [0.25, 0.3) is 0 Å². The molecule has 0 radical (unpaired) electrons. The van der Waals surface area contributed by atoms with Crippen molar-refractivity contribution >= 4 is 23.3 Å². The summed E-state index contributed by atoms with van der Waals surface area (Å²) in [5.74, 6) is -2.27. The minimum atomic E-state index is -1.21. The Hall–Kier alpha value is -1.40. The Bertz CT molecular complexity index is 388. The second-order valence-electron chi connectivity index (χ2n) is 3.40. The average molecular weight is 242 g/mol. The number of aliphatic carboxylic acids is 2. The minimum absolute atomic E-state index is 0.0154. The van der Waals surface area contributed by atoms with Crippen LogP contribution in [-0.2, 0) is 16.0 Å². The standard InChI is InChI=1S/C10H13NO4S/c11-9(10(14)15)7-5-4-6(16-7)2-1-3-8(12)13/h4-5,9H,1-3,11H2,(H,12,13)(H,14,15)/p-1/t9-/m0/s1. The molecular weight excluding hydrogens is 230 g/mol. The molecule has 1 aromatic heterocycles. The highest BCUT2D eigenvalue weighted by molar-refractivity contribution is 7.12. The lowest BCUT2D eigenvalue weighted by atomic mass is 10.2. The molecule has 0 aliphatic heterocycles. The largest absolute Gasteiger partial charge is 0.550 e. The van der Waals surface area contributed by atoms with Crippen molar-refractivity contribution in [2.45, 2.75) is 25.3 Å². The maximum atomic E-state index is 10.6. The van der Waals surface area contributed by atoms with E-state index in [0.717, 1.165) is 4.88 Å². The summed E-state index contributed by atoms with van der Waals surface area (Å²) >= 11 is 1.32. The Balaban J connectivity index is 2.51. The Morgan fingerprint density at radius 2 is 2.06 bits per heavy atom. The average Bonchev–Trinajstić information content (AvgIpc) is 2.64. The van der Waals surface area contributed by atoms with Gasteiger partial charge in [-0.2, -0.15) is 0 Å². The van der Waals surface area contributed by atoms with E-state index in [0.29, 0.717) is 17.7 Å². The van der Waals surface area contributed by atoms with Gasteiger partial charge in [-0.15, -0.1) is 11.3 Å². The quantitative estimate of drug-likeness (QED) is 0.613. The monoisotopic (exact) mass is 242 g/mol. The number of carboxylic acids is 2. The van der Waals surface area contributed by atoms with Crippen molar-refractivity contribution in [2.24, 2.45) is 0 Å². The zero-order valence-electron chi connectivity index (χ0n) is 8.60. The molecule has 1 heterocycles. The molecule has 16 heavy (non-hydrogen) atoms. The third kappa shape index (κ3) is 3.63. The van der Waals surface area contributed by atoms with Crippen molar-refractivity contribution < 1.29 is 25.5 Å². The fourth-order valence-corrected chi connectivity index (χ4v) is 2.30. The van der Waals surface area contributed by atoms with Gasteiger partial charge in [-0.25, -0.2) is 0 Å². The highest BCUT2D eigenvalue weighted by Gasteiger charge is 2.13. The maximum absolute atomic E-state index is 10.6. The summed E-state index contributed by atoms with van der Waals surface area (Å²) in [5.41, 5.74) is 3.47. The first-order chi connectivity index (χ1) is 7.50. The predicted molar refractivity (Wildman–Crippen MR) is 52.9 cm³/mol. The van der Waals surface area contributed by atoms with Crippen LogP contribution in [-0.4, -0.2) is 11.9 Å². The highest BCUT2D eigenvalue weighted by atomic mass is 32.1. The van der Waals surface area contributed by atoms with Gasteiger partial charge in [-0.1, -0.05) is 0 Å². The molecule has 0 aromatic carbocycles. The number of carboxylic acid groups (broad SMARTS) is 2. The van der Waals surface area contributed by atoms with Crippen LogP contribution in [0, 0.1) is 0 Å². The highest BCUT2D eigenvalue weighted by Crippen LogP contribution is 2.22. The normalized spacial score (nSPS) is 12.3. The van der Waals surface area contributed by atoms with Crippen LogP contribution >= 0.6 is 11.3 Å². The molecule has 0 fully saturated rings. The molecule has 0 unspecified atom stereocenters. The van der Waals surface area contributed by atoms with Crippen molar-refractivity contribution in [3.05, 3.63) is 21.9 Å². The first-order valence-corrected chi connectivity index (χ1v) is 5.64. The summed E-state index contributed by atoms with van der Waals surface area (Å²) in [6.45, 7) is 0. The van der Waals surface area contributed by atoms with Crippen LogP contribution in [0.15, 0.2) is 12.1 Å². The SMILES string of the molecule is [NH3+][C@H](C(=O)[O-])c1ccc(CCCC(=O)[O-])s1. The molecule has 6 heteroatoms. The Morgan fingerprint density at radius 3 is 2.62 bits per heavy atom. The molecular formula is C10H12NO4S-. The van der Waals surface area contributed by atoms with Gasteiger partial charge in [0.25, 0.3) is 0 Å². The molecule has 0 amide bonds. The number of thiophene rings is 1. The predicted octanol–water partition coefficient (Wildman–Crippen LogP) is -2.15. The van der Waals surface area contributed by atoms with Gasteiger partial charge in [0.05, 0.1) is 4.88 Å². The smallest absolute Gasteiger partial charge is 0.159 e. The van der Waals surface area contributed by atoms with E-state index in [9.17, 15) is 19.8 Å². The van der Waals surface area contributed by atoms with Crippen LogP contribution < -0.4 is 15.9 Å². The molecule has 3 N–H and O–H groups in total. The van der Waals surface area contributed by atoms with Crippen molar-refractivity contribution in [1.82, 2.24) is 0 Å². The van der Waals surface area contributed by atoms with Crippen LogP contribution in [0.1, 0.15) is 28.6 Å². The summed E-state index contributed by atoms with van der Waals surface area (Å²) in [7, 11) is 0. The molecule has 0 saturated heterocycles. The zero-order chi connectivity index (χ0) is 12.1. The first-order valence-electron chi connectivity index (χ1n) is 4.83. The number of hydrogen-bond donors (Lipinski definition) is 1. The summed E-state index contributed by atoms with van der Waals surface area (Å²) in [6.07, 6.45) is 1.12. The summed E-state index contributed by atoms with van der Waals surface area (Å²) in [6, 6.07) is 2.61. The maximum Gasteiger partial charge on any atom is 0.159 e. The van der Waals surface area contributed by atoms with Crippen LogP contribution in [0.5, 0.6) is 0 Å². The molecule has 0 bridgehead atoms. The summed E-state index contributed by atoms with van der Waals surface area (Å²) in [5, 5.41) is 20.7. The number of carbonyl (C=O) groups is 2. The van der Waals surface area contributed by atoms with Gasteiger partial charge in [0.2, 0.25) is 0 Å². The molecule has 1 atom stereocenters. The van der Waals surface area contributed by atoms with Gasteiger partial charge >= 0.3 is 0 Å². The van der Waals surface area contributed by atoms with E-state index in [-0.39, 0.29) is 6.42 Å². The van der Waals surface area contributed by atoms with E-state index < -0.39 is 18.0 Å². The van der Waals surface area contributed by atoms with Gasteiger partial charge in [-0.05, 0) is 31.4 Å². The topological polar surface area (TPSA) is 108 Å². The lowest BCUT2D eigenvalue weighted by Crippen LogP contribution is -2.60. The molecule has 1 rings (SSSR count). The van der Waals surface area contributed by atoms with Crippen molar-refractivity contribution in [1.29, 1.82) is 0 Å². The van der Waals surface area contributed by atoms with Crippen molar-refractivity contribution in [3.8, 4) is 0 Å². The summed E-state index contributed by atoms with van der Waals surface area (Å²) in [4.78, 5) is 22.3. The molecule has 5 nitrogen and oxygen atoms in total. The number of carbonyl (C=O) groups excluding carboxylic acids is 2. The molecule has 0 spiro atoms. The second-order valence-corrected chi connectivity index (χ2v) is 4.60. The van der Waals surface area contributed by atoms with Crippen LogP contribution in [0.4, 0.5) is 0 Å². The van der Waals surface area contributed by atoms with Gasteiger partial charge in [-0.3, -0.25) is 0 Å². The zero-order valence-corrected chi connectivity index (χ0v) is 9.42. The van der Waals surface area contributed by atoms with Crippen molar-refractivity contribution in [2.75, 3.05) is 0 Å². The lowest BCUT2D eigenvalue weighted by molar-refractivity contribution is -0.442. The van der Waals surface area contributed by atoms with E-state index in [1.54, 1.807) is 12.1 Å². The summed E-state index contributed by atoms with van der Waals surface area (Å²) < 4.78 is 0. The van der Waals surface area contributed by atoms with E-state index >= 15 is 0 Å². The fourth-order valence-electron chi connectivity index (χ4n) is 1.24. The first kappa shape index (κ1) is 12.7. The van der Waals surface area contributed by atoms with Gasteiger partial charge < -0.3 is 25.5 Å². The molecule has 0 saturated carbocycles. The second kappa shape index (κ2) is 5.62. The third-order valence-electron chi connectivity index (χ3n) is 2.11. The van der Waals surface area contributed by atoms with E-state index in [4.69, 9.17) is 0 Å². The fraction of sp³-hybridized carbons (Fsp3) is 0.400. The van der Waals surface area contributed by atoms with E-state index in [2.05, 4.69) is 5.73 Å². The molecule has 0 aliphatic rings. The van der Waals surface area contributed by atoms with E-state index in [1.165, 1.54) is 11.3 Å². The van der Waals surface area contributed by atoms with Gasteiger partial charge in [0, 0.05) is 10.8 Å². The number of rotatable bonds is 6. The van der Waals surface area contributed by atoms with Crippen LogP contribution in [0.3, 0.4) is 0 Å². The van der Waals surface area contributed by atoms with Gasteiger partial charge in [0.15, 0.2) is 6.04 Å². The van der Waals surface area contributed by atoms with Crippen LogP contribution in [0.2, 0.25) is 0 Å². The van der Waals surface area contributed by atoms with E-state index in [1.807, 2.05) is 0 Å².